The summed E-state index contributed by atoms with van der Waals surface area (Å²) in [5, 5.41) is 0. The van der Waals surface area contributed by atoms with E-state index in [9.17, 15) is 4.79 Å². The van der Waals surface area contributed by atoms with Gasteiger partial charge in [-0.15, -0.1) is 11.6 Å². The van der Waals surface area contributed by atoms with Crippen LogP contribution in [0.25, 0.3) is 0 Å². The fraction of sp³-hybridized carbons (Fsp3) is 0.455. The number of hydrogen-bond donors (Lipinski definition) is 0. The first-order valence-corrected chi connectivity index (χ1v) is 5.34. The average Bonchev–Trinajstić information content (AvgIpc) is 2.17. The first kappa shape index (κ1) is 9.66. The van der Waals surface area contributed by atoms with Crippen LogP contribution >= 0.6 is 11.6 Å². The van der Waals surface area contributed by atoms with Crippen molar-refractivity contribution < 1.29 is 4.79 Å². The van der Waals surface area contributed by atoms with Crippen LogP contribution in [0.4, 0.5) is 0 Å². The number of pyridine rings is 1. The molecule has 2 nitrogen and oxygen atoms in total. The average molecular weight is 210 g/mol. The number of ketones is 1. The zero-order chi connectivity index (χ0) is 9.97. The van der Waals surface area contributed by atoms with Crippen LogP contribution in [0.5, 0.6) is 0 Å². The molecule has 0 spiro atoms. The van der Waals surface area contributed by atoms with Crippen molar-refractivity contribution in [3.8, 4) is 0 Å². The Labute approximate surface area is 88.3 Å². The molecule has 2 rings (SSSR count). The Balaban J connectivity index is 1.92. The Bertz CT molecular complexity index is 319. The van der Waals surface area contributed by atoms with Crippen molar-refractivity contribution in [3.63, 3.8) is 0 Å². The molecule has 1 aliphatic carbocycles. The molecule has 1 aliphatic rings. The molecule has 1 fully saturated rings. The minimum Gasteiger partial charge on any atom is -0.298 e. The summed E-state index contributed by atoms with van der Waals surface area (Å²) in [5.74, 6) is 0.978. The molecule has 1 saturated carbocycles. The lowest BCUT2D eigenvalue weighted by Gasteiger charge is -2.33. The molecule has 3 heteroatoms. The fourth-order valence-electron chi connectivity index (χ4n) is 1.85. The zero-order valence-corrected chi connectivity index (χ0v) is 8.57. The number of hydrogen-bond acceptors (Lipinski definition) is 2. The lowest BCUT2D eigenvalue weighted by Crippen LogP contribution is -2.30. The van der Waals surface area contributed by atoms with Gasteiger partial charge in [-0.05, 0) is 25.0 Å². The van der Waals surface area contributed by atoms with Crippen LogP contribution in [-0.4, -0.2) is 16.6 Å². The Hall–Kier alpha value is -0.890. The molecule has 0 aliphatic heterocycles. The standard InChI is InChI=1S/C11H12ClNO/c12-7-11(14)9-5-8(6-9)10-3-1-2-4-13-10/h1-4,8-9H,5-7H2. The molecular weight excluding hydrogens is 198 g/mol. The maximum Gasteiger partial charge on any atom is 0.150 e. The van der Waals surface area contributed by atoms with Crippen LogP contribution < -0.4 is 0 Å². The van der Waals surface area contributed by atoms with E-state index in [1.165, 1.54) is 0 Å². The zero-order valence-electron chi connectivity index (χ0n) is 7.82. The first-order valence-electron chi connectivity index (χ1n) is 4.81. The van der Waals surface area contributed by atoms with Gasteiger partial charge in [0.25, 0.3) is 0 Å². The summed E-state index contributed by atoms with van der Waals surface area (Å²) in [6.45, 7) is 0. The van der Waals surface area contributed by atoms with Crippen LogP contribution in [0.3, 0.4) is 0 Å². The highest BCUT2D eigenvalue weighted by Gasteiger charge is 2.35. The summed E-state index contributed by atoms with van der Waals surface area (Å²) in [6, 6.07) is 5.91. The molecule has 0 unspecified atom stereocenters. The van der Waals surface area contributed by atoms with Gasteiger partial charge in [0.05, 0.1) is 5.88 Å². The monoisotopic (exact) mass is 209 g/mol. The van der Waals surface area contributed by atoms with Gasteiger partial charge in [-0.2, -0.15) is 0 Å². The van der Waals surface area contributed by atoms with E-state index in [1.807, 2.05) is 18.2 Å². The molecule has 0 aromatic carbocycles. The van der Waals surface area contributed by atoms with Gasteiger partial charge in [-0.25, -0.2) is 0 Å². The second-order valence-corrected chi connectivity index (χ2v) is 3.99. The second-order valence-electron chi connectivity index (χ2n) is 3.72. The normalized spacial score (nSPS) is 25.5. The number of aromatic nitrogens is 1. The lowest BCUT2D eigenvalue weighted by atomic mass is 9.71. The Morgan fingerprint density at radius 3 is 2.86 bits per heavy atom. The SMILES string of the molecule is O=C(CCl)C1CC(c2ccccn2)C1. The van der Waals surface area contributed by atoms with Gasteiger partial charge < -0.3 is 0 Å². The van der Waals surface area contributed by atoms with Crippen molar-refractivity contribution in [2.75, 3.05) is 5.88 Å². The molecule has 0 saturated heterocycles. The Morgan fingerprint density at radius 1 is 1.50 bits per heavy atom. The molecule has 1 heterocycles. The molecule has 74 valence electrons. The van der Waals surface area contributed by atoms with E-state index >= 15 is 0 Å². The van der Waals surface area contributed by atoms with E-state index in [0.29, 0.717) is 5.92 Å². The van der Waals surface area contributed by atoms with E-state index in [0.717, 1.165) is 18.5 Å². The van der Waals surface area contributed by atoms with Gasteiger partial charge in [0, 0.05) is 23.7 Å². The molecular formula is C11H12ClNO. The van der Waals surface area contributed by atoms with Crippen LogP contribution in [-0.2, 0) is 4.79 Å². The van der Waals surface area contributed by atoms with E-state index in [1.54, 1.807) is 6.20 Å². The molecule has 0 amide bonds. The minimum absolute atomic E-state index is 0.152. The number of nitrogens with zero attached hydrogens (tertiary/aromatic N) is 1. The van der Waals surface area contributed by atoms with Crippen molar-refractivity contribution in [2.24, 2.45) is 5.92 Å². The van der Waals surface area contributed by atoms with Gasteiger partial charge in [-0.1, -0.05) is 6.07 Å². The predicted molar refractivity (Wildman–Crippen MR) is 55.4 cm³/mol. The molecule has 0 N–H and O–H groups in total. The highest BCUT2D eigenvalue weighted by molar-refractivity contribution is 6.28. The van der Waals surface area contributed by atoms with Crippen LogP contribution in [0.1, 0.15) is 24.5 Å². The summed E-state index contributed by atoms with van der Waals surface area (Å²) in [5.41, 5.74) is 1.10. The van der Waals surface area contributed by atoms with Gasteiger partial charge >= 0.3 is 0 Å². The molecule has 0 atom stereocenters. The van der Waals surface area contributed by atoms with Crippen molar-refractivity contribution in [1.29, 1.82) is 0 Å². The number of carbonyl (C=O) groups excluding carboxylic acids is 1. The topological polar surface area (TPSA) is 30.0 Å². The van der Waals surface area contributed by atoms with Crippen molar-refractivity contribution in [2.45, 2.75) is 18.8 Å². The predicted octanol–water partition coefficient (Wildman–Crippen LogP) is 2.38. The number of rotatable bonds is 3. The summed E-state index contributed by atoms with van der Waals surface area (Å²) in [7, 11) is 0. The molecule has 0 radical (unpaired) electrons. The fourth-order valence-corrected chi connectivity index (χ4v) is 2.07. The number of halogens is 1. The quantitative estimate of drug-likeness (QED) is 0.716. The van der Waals surface area contributed by atoms with Gasteiger partial charge in [-0.3, -0.25) is 9.78 Å². The summed E-state index contributed by atoms with van der Waals surface area (Å²) in [4.78, 5) is 15.5. The van der Waals surface area contributed by atoms with E-state index < -0.39 is 0 Å². The number of Topliss-reactive ketones (excluding diaryl/α,β-unsaturated/α-hetero) is 1. The van der Waals surface area contributed by atoms with E-state index in [4.69, 9.17) is 11.6 Å². The third kappa shape index (κ3) is 1.80. The van der Waals surface area contributed by atoms with E-state index in [-0.39, 0.29) is 17.6 Å². The van der Waals surface area contributed by atoms with Crippen LogP contribution in [0.15, 0.2) is 24.4 Å². The third-order valence-corrected chi connectivity index (χ3v) is 3.09. The molecule has 14 heavy (non-hydrogen) atoms. The molecule has 0 bridgehead atoms. The maximum atomic E-state index is 11.2. The smallest absolute Gasteiger partial charge is 0.150 e. The minimum atomic E-state index is 0.152. The van der Waals surface area contributed by atoms with Crippen molar-refractivity contribution in [1.82, 2.24) is 4.98 Å². The van der Waals surface area contributed by atoms with Crippen LogP contribution in [0, 0.1) is 5.92 Å². The third-order valence-electron chi connectivity index (χ3n) is 2.83. The summed E-state index contributed by atoms with van der Waals surface area (Å²) in [6.07, 6.45) is 3.64. The molecule has 1 aromatic heterocycles. The second kappa shape index (κ2) is 4.09. The highest BCUT2D eigenvalue weighted by Crippen LogP contribution is 2.41. The van der Waals surface area contributed by atoms with E-state index in [2.05, 4.69) is 4.98 Å². The molecule has 1 aromatic rings. The summed E-state index contributed by atoms with van der Waals surface area (Å²) < 4.78 is 0. The van der Waals surface area contributed by atoms with Crippen LogP contribution in [0.2, 0.25) is 0 Å². The Kier molecular flexibility index (Phi) is 2.82. The van der Waals surface area contributed by atoms with Gasteiger partial charge in [0.1, 0.15) is 0 Å². The lowest BCUT2D eigenvalue weighted by molar-refractivity contribution is -0.123. The number of carbonyl (C=O) groups is 1. The van der Waals surface area contributed by atoms with Crippen molar-refractivity contribution >= 4 is 17.4 Å². The van der Waals surface area contributed by atoms with Gasteiger partial charge in [0.15, 0.2) is 5.78 Å². The number of alkyl halides is 1. The van der Waals surface area contributed by atoms with Gasteiger partial charge in [0.2, 0.25) is 0 Å². The highest BCUT2D eigenvalue weighted by atomic mass is 35.5. The summed E-state index contributed by atoms with van der Waals surface area (Å²) >= 11 is 5.49. The maximum absolute atomic E-state index is 11.2. The van der Waals surface area contributed by atoms with Crippen molar-refractivity contribution in [3.05, 3.63) is 30.1 Å². The Morgan fingerprint density at radius 2 is 2.29 bits per heavy atom. The first-order chi connectivity index (χ1) is 6.81. The largest absolute Gasteiger partial charge is 0.298 e.